The van der Waals surface area contributed by atoms with Crippen LogP contribution in [-0.4, -0.2) is 45.3 Å². The van der Waals surface area contributed by atoms with Crippen LogP contribution in [0.5, 0.6) is 0 Å². The Morgan fingerprint density at radius 1 is 1.41 bits per heavy atom. The first-order valence-corrected chi connectivity index (χ1v) is 9.65. The molecule has 1 aliphatic heterocycles. The zero-order valence-corrected chi connectivity index (χ0v) is 16.3. The van der Waals surface area contributed by atoms with Gasteiger partial charge in [0, 0.05) is 31.9 Å². The van der Waals surface area contributed by atoms with Crippen molar-refractivity contribution in [2.75, 3.05) is 18.5 Å². The third-order valence-electron chi connectivity index (χ3n) is 4.76. The summed E-state index contributed by atoms with van der Waals surface area (Å²) in [5, 5.41) is 0.667. The van der Waals surface area contributed by atoms with E-state index in [2.05, 4.69) is 21.0 Å². The first-order valence-electron chi connectivity index (χ1n) is 8.83. The highest BCUT2D eigenvalue weighted by Crippen LogP contribution is 2.33. The zero-order chi connectivity index (χ0) is 19.1. The van der Waals surface area contributed by atoms with E-state index >= 15 is 0 Å². The Morgan fingerprint density at radius 2 is 2.22 bits per heavy atom. The maximum Gasteiger partial charge on any atom is 0.229 e. The number of nitrogens with zero attached hydrogens (tertiary/aromatic N) is 4. The molecule has 1 N–H and O–H groups in total. The Balaban J connectivity index is 1.48. The summed E-state index contributed by atoms with van der Waals surface area (Å²) < 4.78 is 1.05. The molecule has 0 spiro atoms. The molecule has 1 saturated heterocycles. The van der Waals surface area contributed by atoms with Crippen molar-refractivity contribution >= 4 is 38.5 Å². The molecule has 0 radical (unpaired) electrons. The molecule has 0 saturated carbocycles. The molecule has 27 heavy (non-hydrogen) atoms. The fourth-order valence-electron chi connectivity index (χ4n) is 3.35. The van der Waals surface area contributed by atoms with Crippen molar-refractivity contribution in [3.05, 3.63) is 41.5 Å². The Kier molecular flexibility index (Phi) is 4.43. The van der Waals surface area contributed by atoms with Gasteiger partial charge in [0.25, 0.3) is 0 Å². The quantitative estimate of drug-likeness (QED) is 0.751. The van der Waals surface area contributed by atoms with Gasteiger partial charge in [-0.15, -0.1) is 0 Å². The molecule has 0 bridgehead atoms. The number of anilines is 1. The van der Waals surface area contributed by atoms with Crippen LogP contribution in [0.1, 0.15) is 23.5 Å². The van der Waals surface area contributed by atoms with Crippen molar-refractivity contribution < 1.29 is 9.59 Å². The number of benzene rings is 1. The number of amides is 2. The summed E-state index contributed by atoms with van der Waals surface area (Å²) in [4.78, 5) is 40.5. The number of hydrogen-bond donors (Lipinski definition) is 1. The van der Waals surface area contributed by atoms with E-state index in [4.69, 9.17) is 0 Å². The van der Waals surface area contributed by atoms with Crippen molar-refractivity contribution in [2.24, 2.45) is 5.92 Å². The maximum absolute atomic E-state index is 12.8. The summed E-state index contributed by atoms with van der Waals surface area (Å²) >= 11 is 1.49. The van der Waals surface area contributed by atoms with Gasteiger partial charge < -0.3 is 9.88 Å². The average molecular weight is 383 g/mol. The highest BCUT2D eigenvalue weighted by Gasteiger charge is 2.37. The first-order chi connectivity index (χ1) is 12.9. The lowest BCUT2D eigenvalue weighted by Crippen LogP contribution is -2.34. The molecule has 140 valence electrons. The zero-order valence-electron chi connectivity index (χ0n) is 15.5. The van der Waals surface area contributed by atoms with Crippen molar-refractivity contribution in [3.63, 3.8) is 0 Å². The molecule has 1 aromatic carbocycles. The molecular weight excluding hydrogens is 362 g/mol. The fourth-order valence-corrected chi connectivity index (χ4v) is 4.44. The predicted octanol–water partition coefficient (Wildman–Crippen LogP) is 2.65. The molecule has 2 aromatic heterocycles. The highest BCUT2D eigenvalue weighted by atomic mass is 32.1. The summed E-state index contributed by atoms with van der Waals surface area (Å²) in [6.07, 6.45) is 1.96. The molecule has 8 heteroatoms. The maximum atomic E-state index is 12.8. The number of fused-ring (bicyclic) bond motifs is 1. The molecule has 1 fully saturated rings. The molecule has 4 rings (SSSR count). The van der Waals surface area contributed by atoms with Crippen LogP contribution in [0, 0.1) is 19.8 Å². The number of aromatic nitrogens is 3. The second-order valence-corrected chi connectivity index (χ2v) is 8.09. The first kappa shape index (κ1) is 17.7. The standard InChI is InChI=1S/C19H21N5O2S/c1-11-4-5-14-15(6-11)27-19(22-14)24-9-13(7-17(24)25)18(26)23(3)10-16-20-8-12(2)21-16/h4-6,8,13H,7,9-10H2,1-3H3,(H,20,21). The fraction of sp³-hybridized carbons (Fsp3) is 0.368. The second-order valence-electron chi connectivity index (χ2n) is 7.08. The van der Waals surface area contributed by atoms with E-state index in [1.807, 2.05) is 26.0 Å². The lowest BCUT2D eigenvalue weighted by atomic mass is 10.1. The van der Waals surface area contributed by atoms with E-state index in [1.54, 1.807) is 23.0 Å². The van der Waals surface area contributed by atoms with E-state index in [9.17, 15) is 9.59 Å². The summed E-state index contributed by atoms with van der Waals surface area (Å²) in [7, 11) is 1.74. The molecule has 3 aromatic rings. The minimum absolute atomic E-state index is 0.0446. The van der Waals surface area contributed by atoms with E-state index in [-0.39, 0.29) is 24.2 Å². The number of hydrogen-bond acceptors (Lipinski definition) is 5. The van der Waals surface area contributed by atoms with Gasteiger partial charge in [-0.05, 0) is 31.5 Å². The lowest BCUT2D eigenvalue weighted by Gasteiger charge is -2.20. The predicted molar refractivity (Wildman–Crippen MR) is 105 cm³/mol. The van der Waals surface area contributed by atoms with Crippen LogP contribution in [0.3, 0.4) is 0 Å². The minimum atomic E-state index is -0.354. The monoisotopic (exact) mass is 383 g/mol. The largest absolute Gasteiger partial charge is 0.345 e. The van der Waals surface area contributed by atoms with Gasteiger partial charge in [0.15, 0.2) is 5.13 Å². The van der Waals surface area contributed by atoms with E-state index < -0.39 is 0 Å². The van der Waals surface area contributed by atoms with Crippen LogP contribution in [0.2, 0.25) is 0 Å². The van der Waals surface area contributed by atoms with Crippen molar-refractivity contribution in [3.8, 4) is 0 Å². The minimum Gasteiger partial charge on any atom is -0.345 e. The number of H-pyrrole nitrogens is 1. The summed E-state index contributed by atoms with van der Waals surface area (Å²) in [6, 6.07) is 6.04. The van der Waals surface area contributed by atoms with E-state index in [0.717, 1.165) is 27.3 Å². The molecular formula is C19H21N5O2S. The number of thiazole rings is 1. The van der Waals surface area contributed by atoms with E-state index in [0.29, 0.717) is 18.2 Å². The van der Waals surface area contributed by atoms with Crippen molar-refractivity contribution in [1.29, 1.82) is 0 Å². The second kappa shape index (κ2) is 6.77. The summed E-state index contributed by atoms with van der Waals surface area (Å²) in [5.74, 6) is 0.293. The number of nitrogens with one attached hydrogen (secondary N) is 1. The molecule has 1 unspecified atom stereocenters. The van der Waals surface area contributed by atoms with Crippen LogP contribution in [0.4, 0.5) is 5.13 Å². The van der Waals surface area contributed by atoms with Crippen LogP contribution in [-0.2, 0) is 16.1 Å². The molecule has 7 nitrogen and oxygen atoms in total. The number of carbonyl (C=O) groups excluding carboxylic acids is 2. The van der Waals surface area contributed by atoms with Crippen LogP contribution < -0.4 is 4.90 Å². The number of aromatic amines is 1. The molecule has 1 atom stereocenters. The van der Waals surface area contributed by atoms with Crippen LogP contribution >= 0.6 is 11.3 Å². The number of aryl methyl sites for hydroxylation is 2. The average Bonchev–Trinajstić information content (AvgIpc) is 3.32. The molecule has 1 aliphatic rings. The van der Waals surface area contributed by atoms with Crippen molar-refractivity contribution in [1.82, 2.24) is 19.9 Å². The Labute approximate surface area is 161 Å². The number of carbonyl (C=O) groups is 2. The SMILES string of the molecule is Cc1ccc2nc(N3CC(C(=O)N(C)Cc4ncc(C)[nH]4)CC3=O)sc2c1. The van der Waals surface area contributed by atoms with Gasteiger partial charge in [-0.2, -0.15) is 0 Å². The lowest BCUT2D eigenvalue weighted by molar-refractivity contribution is -0.135. The highest BCUT2D eigenvalue weighted by molar-refractivity contribution is 7.22. The third-order valence-corrected chi connectivity index (χ3v) is 5.80. The summed E-state index contributed by atoms with van der Waals surface area (Å²) in [5.41, 5.74) is 3.00. The van der Waals surface area contributed by atoms with Gasteiger partial charge >= 0.3 is 0 Å². The normalized spacial score (nSPS) is 17.1. The Morgan fingerprint density at radius 3 is 2.96 bits per heavy atom. The Hall–Kier alpha value is -2.74. The third kappa shape index (κ3) is 3.44. The number of rotatable bonds is 4. The smallest absolute Gasteiger partial charge is 0.229 e. The van der Waals surface area contributed by atoms with Gasteiger partial charge in [0.1, 0.15) is 5.82 Å². The topological polar surface area (TPSA) is 82.2 Å². The Bertz CT molecular complexity index is 1020. The molecule has 3 heterocycles. The van der Waals surface area contributed by atoms with Gasteiger partial charge in [0.05, 0.1) is 22.7 Å². The van der Waals surface area contributed by atoms with Crippen LogP contribution in [0.15, 0.2) is 24.4 Å². The molecule has 0 aliphatic carbocycles. The van der Waals surface area contributed by atoms with Gasteiger partial charge in [0.2, 0.25) is 11.8 Å². The van der Waals surface area contributed by atoms with Crippen molar-refractivity contribution in [2.45, 2.75) is 26.8 Å². The molecule has 2 amide bonds. The van der Waals surface area contributed by atoms with E-state index in [1.165, 1.54) is 11.3 Å². The van der Waals surface area contributed by atoms with Crippen LogP contribution in [0.25, 0.3) is 10.2 Å². The van der Waals surface area contributed by atoms with Gasteiger partial charge in [-0.3, -0.25) is 14.5 Å². The van der Waals surface area contributed by atoms with Gasteiger partial charge in [-0.25, -0.2) is 9.97 Å². The summed E-state index contributed by atoms with van der Waals surface area (Å²) in [6.45, 7) is 4.73. The van der Waals surface area contributed by atoms with Gasteiger partial charge in [-0.1, -0.05) is 17.4 Å². The number of imidazole rings is 1.